The Morgan fingerprint density at radius 3 is 2.37 bits per heavy atom. The summed E-state index contributed by atoms with van der Waals surface area (Å²) in [6.45, 7) is 3.72. The lowest BCUT2D eigenvalue weighted by atomic mass is 9.93. The zero-order valence-electron chi connectivity index (χ0n) is 17.1. The van der Waals surface area contributed by atoms with E-state index in [0.717, 1.165) is 16.7 Å². The Morgan fingerprint density at radius 1 is 1.03 bits per heavy atom. The van der Waals surface area contributed by atoms with Gasteiger partial charge in [0.25, 0.3) is 5.91 Å². The minimum atomic E-state index is -0.213. The first kappa shape index (κ1) is 21.6. The van der Waals surface area contributed by atoms with E-state index >= 15 is 0 Å². The number of pyridine rings is 1. The molecular formula is C24H25N3O2S. The summed E-state index contributed by atoms with van der Waals surface area (Å²) >= 11 is 4.44. The van der Waals surface area contributed by atoms with Crippen molar-refractivity contribution in [1.82, 2.24) is 10.3 Å². The number of aromatic nitrogens is 1. The first-order valence-electron chi connectivity index (χ1n) is 9.88. The molecule has 0 spiro atoms. The molecule has 0 aliphatic carbocycles. The predicted molar refractivity (Wildman–Crippen MR) is 124 cm³/mol. The van der Waals surface area contributed by atoms with Crippen LogP contribution in [-0.2, 0) is 10.5 Å². The number of carbonyl (C=O) groups excluding carboxylic acids is 2. The first-order valence-corrected chi connectivity index (χ1v) is 10.5. The van der Waals surface area contributed by atoms with Crippen LogP contribution in [0.5, 0.6) is 0 Å². The van der Waals surface area contributed by atoms with Crippen LogP contribution < -0.4 is 10.6 Å². The molecule has 0 saturated heterocycles. The van der Waals surface area contributed by atoms with Crippen molar-refractivity contribution in [2.24, 2.45) is 0 Å². The lowest BCUT2D eigenvalue weighted by molar-refractivity contribution is -0.115. The second kappa shape index (κ2) is 10.1. The van der Waals surface area contributed by atoms with Gasteiger partial charge in [-0.2, -0.15) is 12.6 Å². The molecule has 0 fully saturated rings. The third-order valence-corrected chi connectivity index (χ3v) is 5.24. The van der Waals surface area contributed by atoms with Crippen molar-refractivity contribution >= 4 is 30.1 Å². The minimum Gasteiger partial charge on any atom is -0.345 e. The number of benzene rings is 2. The topological polar surface area (TPSA) is 71.1 Å². The molecule has 1 atom stereocenters. The van der Waals surface area contributed by atoms with E-state index in [9.17, 15) is 9.59 Å². The first-order chi connectivity index (χ1) is 14.5. The highest BCUT2D eigenvalue weighted by Gasteiger charge is 2.22. The molecule has 1 unspecified atom stereocenters. The molecule has 6 heteroatoms. The van der Waals surface area contributed by atoms with Gasteiger partial charge in [-0.1, -0.05) is 43.3 Å². The highest BCUT2D eigenvalue weighted by atomic mass is 32.1. The highest BCUT2D eigenvalue weighted by Crippen LogP contribution is 2.35. The second-order valence-corrected chi connectivity index (χ2v) is 7.24. The van der Waals surface area contributed by atoms with Crippen LogP contribution in [0.25, 0.3) is 11.1 Å². The van der Waals surface area contributed by atoms with Gasteiger partial charge >= 0.3 is 0 Å². The third kappa shape index (κ3) is 4.89. The van der Waals surface area contributed by atoms with Gasteiger partial charge in [-0.3, -0.25) is 14.6 Å². The summed E-state index contributed by atoms with van der Waals surface area (Å²) in [5.74, 6) is 0.0749. The van der Waals surface area contributed by atoms with Crippen molar-refractivity contribution in [2.45, 2.75) is 32.1 Å². The van der Waals surface area contributed by atoms with E-state index in [2.05, 4.69) is 28.2 Å². The molecule has 2 N–H and O–H groups in total. The Morgan fingerprint density at radius 2 is 1.73 bits per heavy atom. The largest absolute Gasteiger partial charge is 0.345 e. The zero-order chi connectivity index (χ0) is 21.5. The Kier molecular flexibility index (Phi) is 7.25. The van der Waals surface area contributed by atoms with Crippen LogP contribution in [-0.4, -0.2) is 16.8 Å². The number of amides is 2. The molecule has 3 aromatic rings. The smallest absolute Gasteiger partial charge is 0.252 e. The summed E-state index contributed by atoms with van der Waals surface area (Å²) < 4.78 is 0. The van der Waals surface area contributed by atoms with E-state index in [-0.39, 0.29) is 17.9 Å². The summed E-state index contributed by atoms with van der Waals surface area (Å²) in [5.41, 5.74) is 4.44. The molecule has 154 valence electrons. The Bertz CT molecular complexity index is 1020. The third-order valence-electron chi connectivity index (χ3n) is 4.90. The Hall–Kier alpha value is -3.12. The summed E-state index contributed by atoms with van der Waals surface area (Å²) in [4.78, 5) is 29.6. The van der Waals surface area contributed by atoms with Gasteiger partial charge in [-0.25, -0.2) is 0 Å². The predicted octanol–water partition coefficient (Wildman–Crippen LogP) is 5.02. The van der Waals surface area contributed by atoms with Crippen molar-refractivity contribution in [3.63, 3.8) is 0 Å². The van der Waals surface area contributed by atoms with Crippen LogP contribution in [0.4, 0.5) is 5.69 Å². The molecule has 2 amide bonds. The Labute approximate surface area is 182 Å². The monoisotopic (exact) mass is 419 g/mol. The van der Waals surface area contributed by atoms with Crippen LogP contribution in [0, 0.1) is 0 Å². The summed E-state index contributed by atoms with van der Waals surface area (Å²) in [6, 6.07) is 16.8. The maximum absolute atomic E-state index is 13.4. The number of anilines is 1. The van der Waals surface area contributed by atoms with Crippen molar-refractivity contribution in [1.29, 1.82) is 0 Å². The molecule has 1 aromatic heterocycles. The molecule has 30 heavy (non-hydrogen) atoms. The number of nitrogens with zero attached hydrogens (tertiary/aromatic N) is 1. The lowest BCUT2D eigenvalue weighted by Crippen LogP contribution is -2.28. The average molecular weight is 420 g/mol. The lowest BCUT2D eigenvalue weighted by Gasteiger charge is -2.21. The van der Waals surface area contributed by atoms with Crippen LogP contribution in [0.1, 0.15) is 47.8 Å². The van der Waals surface area contributed by atoms with Gasteiger partial charge in [0.05, 0.1) is 11.6 Å². The van der Waals surface area contributed by atoms with Crippen LogP contribution in [0.3, 0.4) is 0 Å². The maximum atomic E-state index is 13.4. The quantitative estimate of drug-likeness (QED) is 0.471. The normalized spacial score (nSPS) is 11.6. The average Bonchev–Trinajstić information content (AvgIpc) is 2.79. The van der Waals surface area contributed by atoms with Gasteiger partial charge in [-0.15, -0.1) is 0 Å². The van der Waals surface area contributed by atoms with Gasteiger partial charge < -0.3 is 10.6 Å². The SMILES string of the molecule is CCC(=O)Nc1ccc(CS)c(C(=O)NC(C)c2ccncc2)c1-c1ccccc1. The number of hydrogen-bond acceptors (Lipinski definition) is 4. The fourth-order valence-electron chi connectivity index (χ4n) is 3.29. The number of thiol groups is 1. The van der Waals surface area contributed by atoms with Gasteiger partial charge in [-0.05, 0) is 41.8 Å². The van der Waals surface area contributed by atoms with Crippen LogP contribution in [0.15, 0.2) is 67.0 Å². The molecule has 3 rings (SSSR count). The van der Waals surface area contributed by atoms with Gasteiger partial charge in [0, 0.05) is 35.8 Å². The Balaban J connectivity index is 2.10. The minimum absolute atomic E-state index is 0.109. The molecule has 0 radical (unpaired) electrons. The summed E-state index contributed by atoms with van der Waals surface area (Å²) in [5, 5.41) is 6.02. The van der Waals surface area contributed by atoms with E-state index in [1.54, 1.807) is 19.3 Å². The maximum Gasteiger partial charge on any atom is 0.252 e. The summed E-state index contributed by atoms with van der Waals surface area (Å²) in [7, 11) is 0. The number of carbonyl (C=O) groups is 2. The number of nitrogens with one attached hydrogen (secondary N) is 2. The van der Waals surface area contributed by atoms with Crippen LogP contribution >= 0.6 is 12.6 Å². The molecule has 1 heterocycles. The standard InChI is InChI=1S/C24H25N3O2S/c1-3-21(28)27-20-10-9-19(15-30)23(22(20)18-7-5-4-6-8-18)24(29)26-16(2)17-11-13-25-14-12-17/h4-14,16,30H,3,15H2,1-2H3,(H,26,29)(H,27,28). The molecule has 0 saturated carbocycles. The highest BCUT2D eigenvalue weighted by molar-refractivity contribution is 7.79. The van der Waals surface area contributed by atoms with E-state index < -0.39 is 0 Å². The van der Waals surface area contributed by atoms with Crippen molar-refractivity contribution in [3.8, 4) is 11.1 Å². The van der Waals surface area contributed by atoms with E-state index in [4.69, 9.17) is 0 Å². The fraction of sp³-hybridized carbons (Fsp3) is 0.208. The molecule has 0 aliphatic rings. The van der Waals surface area contributed by atoms with E-state index in [1.807, 2.05) is 61.5 Å². The molecule has 0 aliphatic heterocycles. The van der Waals surface area contributed by atoms with Crippen molar-refractivity contribution in [3.05, 3.63) is 83.7 Å². The molecule has 5 nitrogen and oxygen atoms in total. The van der Waals surface area contributed by atoms with Crippen molar-refractivity contribution < 1.29 is 9.59 Å². The van der Waals surface area contributed by atoms with Crippen LogP contribution in [0.2, 0.25) is 0 Å². The van der Waals surface area contributed by atoms with Gasteiger partial charge in [0.15, 0.2) is 0 Å². The number of rotatable bonds is 7. The number of hydrogen-bond donors (Lipinski definition) is 3. The second-order valence-electron chi connectivity index (χ2n) is 6.92. The van der Waals surface area contributed by atoms with Crippen molar-refractivity contribution in [2.75, 3.05) is 5.32 Å². The summed E-state index contributed by atoms with van der Waals surface area (Å²) in [6.07, 6.45) is 3.75. The fourth-order valence-corrected chi connectivity index (χ4v) is 3.55. The van der Waals surface area contributed by atoms with E-state index in [1.165, 1.54) is 0 Å². The zero-order valence-corrected chi connectivity index (χ0v) is 17.9. The van der Waals surface area contributed by atoms with Gasteiger partial charge in [0.2, 0.25) is 5.91 Å². The molecule has 2 aromatic carbocycles. The molecular weight excluding hydrogens is 394 g/mol. The molecule has 0 bridgehead atoms. The van der Waals surface area contributed by atoms with Gasteiger partial charge in [0.1, 0.15) is 0 Å². The van der Waals surface area contributed by atoms with E-state index in [0.29, 0.717) is 29.0 Å².